The number of amides is 2. The maximum Gasteiger partial charge on any atom is 0.435 e. The van der Waals surface area contributed by atoms with Gasteiger partial charge in [0, 0.05) is 24.7 Å². The summed E-state index contributed by atoms with van der Waals surface area (Å²) in [6.07, 6.45) is -2.59. The van der Waals surface area contributed by atoms with E-state index in [1.807, 2.05) is 19.1 Å². The molecule has 1 aromatic carbocycles. The summed E-state index contributed by atoms with van der Waals surface area (Å²) in [6, 6.07) is 11.0. The first-order valence-electron chi connectivity index (χ1n) is 9.60. The van der Waals surface area contributed by atoms with Crippen molar-refractivity contribution in [2.24, 2.45) is 0 Å². The van der Waals surface area contributed by atoms with E-state index in [1.54, 1.807) is 24.3 Å². The highest BCUT2D eigenvalue weighted by molar-refractivity contribution is 5.73. The van der Waals surface area contributed by atoms with Crippen LogP contribution in [0.1, 0.15) is 18.2 Å². The van der Waals surface area contributed by atoms with E-state index in [0.29, 0.717) is 36.6 Å². The molecule has 3 rings (SSSR count). The molecule has 2 heterocycles. The van der Waals surface area contributed by atoms with Gasteiger partial charge in [0.2, 0.25) is 5.88 Å². The zero-order valence-corrected chi connectivity index (χ0v) is 17.0. The highest BCUT2D eigenvalue weighted by Gasteiger charge is 2.35. The minimum absolute atomic E-state index is 0.240. The lowest BCUT2D eigenvalue weighted by molar-refractivity contribution is -0.141. The van der Waals surface area contributed by atoms with Crippen LogP contribution >= 0.6 is 0 Å². The van der Waals surface area contributed by atoms with E-state index in [1.165, 1.54) is 18.0 Å². The summed E-state index contributed by atoms with van der Waals surface area (Å²) in [7, 11) is 1.45. The predicted octanol–water partition coefficient (Wildman–Crippen LogP) is 3.82. The van der Waals surface area contributed by atoms with Crippen molar-refractivity contribution in [3.05, 3.63) is 59.9 Å². The quantitative estimate of drug-likeness (QED) is 0.594. The Morgan fingerprint density at radius 3 is 2.45 bits per heavy atom. The Kier molecular flexibility index (Phi) is 6.78. The van der Waals surface area contributed by atoms with Gasteiger partial charge in [0.15, 0.2) is 5.69 Å². The SMILES string of the molecule is CCNC(=O)NCCc1ccc(-c2cc(C(F)(F)F)nn2-c2ccc(OC)nc2)cc1. The Bertz CT molecular complexity index is 1010. The highest BCUT2D eigenvalue weighted by Crippen LogP contribution is 2.33. The van der Waals surface area contributed by atoms with Crippen LogP contribution in [0.4, 0.5) is 18.0 Å². The Hall–Kier alpha value is -3.56. The summed E-state index contributed by atoms with van der Waals surface area (Å²) in [5, 5.41) is 9.12. The van der Waals surface area contributed by atoms with Crippen molar-refractivity contribution in [1.82, 2.24) is 25.4 Å². The van der Waals surface area contributed by atoms with E-state index in [2.05, 4.69) is 20.7 Å². The Balaban J connectivity index is 1.85. The van der Waals surface area contributed by atoms with Gasteiger partial charge in [-0.1, -0.05) is 24.3 Å². The number of urea groups is 1. The number of nitrogens with zero attached hydrogens (tertiary/aromatic N) is 3. The molecule has 7 nitrogen and oxygen atoms in total. The summed E-state index contributed by atoms with van der Waals surface area (Å²) in [4.78, 5) is 15.5. The second-order valence-electron chi connectivity index (χ2n) is 6.62. The van der Waals surface area contributed by atoms with Crippen molar-refractivity contribution in [3.8, 4) is 22.8 Å². The fourth-order valence-corrected chi connectivity index (χ4v) is 2.93. The number of carbonyl (C=O) groups excluding carboxylic acids is 1. The van der Waals surface area contributed by atoms with Crippen molar-refractivity contribution in [2.45, 2.75) is 19.5 Å². The second kappa shape index (κ2) is 9.50. The number of ether oxygens (including phenoxy) is 1. The molecule has 3 aromatic rings. The first kappa shape index (κ1) is 22.1. The number of nitrogens with one attached hydrogen (secondary N) is 2. The molecule has 0 unspecified atom stereocenters. The largest absolute Gasteiger partial charge is 0.481 e. The molecular weight excluding hydrogens is 411 g/mol. The minimum atomic E-state index is -4.58. The smallest absolute Gasteiger partial charge is 0.435 e. The molecule has 2 aromatic heterocycles. The predicted molar refractivity (Wildman–Crippen MR) is 109 cm³/mol. The maximum absolute atomic E-state index is 13.3. The molecule has 31 heavy (non-hydrogen) atoms. The summed E-state index contributed by atoms with van der Waals surface area (Å²) in [5.74, 6) is 0.346. The normalized spacial score (nSPS) is 11.3. The molecule has 0 fully saturated rings. The van der Waals surface area contributed by atoms with Crippen LogP contribution in [-0.2, 0) is 12.6 Å². The van der Waals surface area contributed by atoms with Gasteiger partial charge in [0.1, 0.15) is 0 Å². The molecule has 10 heteroatoms. The van der Waals surface area contributed by atoms with Crippen molar-refractivity contribution in [2.75, 3.05) is 20.2 Å². The summed E-state index contributed by atoms with van der Waals surface area (Å²) < 4.78 is 46.1. The molecule has 0 radical (unpaired) electrons. The second-order valence-corrected chi connectivity index (χ2v) is 6.62. The van der Waals surface area contributed by atoms with Crippen molar-refractivity contribution in [3.63, 3.8) is 0 Å². The number of hydrogen-bond donors (Lipinski definition) is 2. The number of carbonyl (C=O) groups is 1. The van der Waals surface area contributed by atoms with Gasteiger partial charge in [-0.05, 0) is 31.0 Å². The lowest BCUT2D eigenvalue weighted by Gasteiger charge is -2.09. The summed E-state index contributed by atoms with van der Waals surface area (Å²) in [6.45, 7) is 2.81. The third-order valence-corrected chi connectivity index (χ3v) is 4.46. The first-order chi connectivity index (χ1) is 14.8. The van der Waals surface area contributed by atoms with Crippen LogP contribution in [0.2, 0.25) is 0 Å². The van der Waals surface area contributed by atoms with Crippen LogP contribution in [0.3, 0.4) is 0 Å². The minimum Gasteiger partial charge on any atom is -0.481 e. The van der Waals surface area contributed by atoms with Crippen LogP contribution in [0.15, 0.2) is 48.7 Å². The average molecular weight is 433 g/mol. The van der Waals surface area contributed by atoms with E-state index in [-0.39, 0.29) is 11.7 Å². The Morgan fingerprint density at radius 1 is 1.13 bits per heavy atom. The molecule has 0 aliphatic rings. The van der Waals surface area contributed by atoms with Crippen LogP contribution in [0.25, 0.3) is 16.9 Å². The van der Waals surface area contributed by atoms with Gasteiger partial charge in [-0.3, -0.25) is 0 Å². The third-order valence-electron chi connectivity index (χ3n) is 4.46. The highest BCUT2D eigenvalue weighted by atomic mass is 19.4. The summed E-state index contributed by atoms with van der Waals surface area (Å²) in [5.41, 5.74) is 1.18. The fourth-order valence-electron chi connectivity index (χ4n) is 2.93. The molecule has 0 atom stereocenters. The zero-order chi connectivity index (χ0) is 22.4. The molecule has 0 saturated heterocycles. The van der Waals surface area contributed by atoms with Gasteiger partial charge >= 0.3 is 12.2 Å². The van der Waals surface area contributed by atoms with Crippen molar-refractivity contribution in [1.29, 1.82) is 0 Å². The number of hydrogen-bond acceptors (Lipinski definition) is 4. The molecule has 164 valence electrons. The van der Waals surface area contributed by atoms with E-state index >= 15 is 0 Å². The van der Waals surface area contributed by atoms with Crippen molar-refractivity contribution >= 4 is 6.03 Å². The van der Waals surface area contributed by atoms with E-state index < -0.39 is 11.9 Å². The molecule has 0 aliphatic heterocycles. The lowest BCUT2D eigenvalue weighted by atomic mass is 10.1. The van der Waals surface area contributed by atoms with Gasteiger partial charge < -0.3 is 15.4 Å². The summed E-state index contributed by atoms with van der Waals surface area (Å²) >= 11 is 0. The maximum atomic E-state index is 13.3. The molecule has 0 bridgehead atoms. The zero-order valence-electron chi connectivity index (χ0n) is 17.0. The Morgan fingerprint density at radius 2 is 1.87 bits per heavy atom. The molecule has 0 spiro atoms. The van der Waals surface area contributed by atoms with E-state index in [9.17, 15) is 18.0 Å². The van der Waals surface area contributed by atoms with E-state index in [0.717, 1.165) is 11.6 Å². The molecule has 2 amide bonds. The number of pyridine rings is 1. The molecular formula is C21H22F3N5O2. The first-order valence-corrected chi connectivity index (χ1v) is 9.60. The fraction of sp³-hybridized carbons (Fsp3) is 0.286. The van der Waals surface area contributed by atoms with Crippen LogP contribution in [0, 0.1) is 0 Å². The van der Waals surface area contributed by atoms with Crippen LogP contribution in [0.5, 0.6) is 5.88 Å². The number of benzene rings is 1. The van der Waals surface area contributed by atoms with E-state index in [4.69, 9.17) is 4.74 Å². The van der Waals surface area contributed by atoms with Gasteiger partial charge in [-0.2, -0.15) is 18.3 Å². The van der Waals surface area contributed by atoms with Gasteiger partial charge in [-0.15, -0.1) is 0 Å². The molecule has 2 N–H and O–H groups in total. The van der Waals surface area contributed by atoms with Gasteiger partial charge in [0.05, 0.1) is 24.7 Å². The van der Waals surface area contributed by atoms with Gasteiger partial charge in [-0.25, -0.2) is 14.5 Å². The van der Waals surface area contributed by atoms with Crippen LogP contribution < -0.4 is 15.4 Å². The third kappa shape index (κ3) is 5.53. The number of alkyl halides is 3. The van der Waals surface area contributed by atoms with Crippen molar-refractivity contribution < 1.29 is 22.7 Å². The molecule has 0 aliphatic carbocycles. The monoisotopic (exact) mass is 433 g/mol. The van der Waals surface area contributed by atoms with Crippen LogP contribution in [-0.4, -0.2) is 41.0 Å². The average Bonchev–Trinajstić information content (AvgIpc) is 3.20. The topological polar surface area (TPSA) is 81.1 Å². The number of aromatic nitrogens is 3. The Labute approximate surface area is 177 Å². The lowest BCUT2D eigenvalue weighted by Crippen LogP contribution is -2.36. The van der Waals surface area contributed by atoms with Gasteiger partial charge in [0.25, 0.3) is 0 Å². The molecule has 0 saturated carbocycles. The standard InChI is InChI=1S/C21H22F3N5O2/c1-3-25-20(30)26-11-10-14-4-6-15(7-5-14)17-12-18(21(22,23)24)28-29(17)16-8-9-19(31-2)27-13-16/h4-9,12-13H,3,10-11H2,1-2H3,(H2,25,26,30). The number of rotatable bonds is 7. The number of methoxy groups -OCH3 is 1. The number of halogens is 3.